The maximum absolute atomic E-state index is 4.45. The molecule has 2 nitrogen and oxygen atoms in total. The second kappa shape index (κ2) is 5.02. The average molecular weight is 332 g/mol. The normalized spacial score (nSPS) is 15.1. The molecule has 1 aliphatic heterocycles. The molecule has 0 saturated heterocycles. The van der Waals surface area contributed by atoms with Crippen molar-refractivity contribution in [1.29, 1.82) is 0 Å². The van der Waals surface area contributed by atoms with Crippen molar-refractivity contribution in [2.75, 3.05) is 12.0 Å². The molecule has 0 atom stereocenters. The number of thioether (sulfide) groups is 2. The fourth-order valence-electron chi connectivity index (χ4n) is 0.989. The molecule has 0 bridgehead atoms. The van der Waals surface area contributed by atoms with Gasteiger partial charge in [0.1, 0.15) is 0 Å². The largest absolute Gasteiger partial charge is 1.00 e. The number of aromatic nitrogens is 2. The molecular formula is C6H9IN2S3. The SMILES string of the molecule is CSc1n[n+]2c(s1)SCCC2.[I-]. The summed E-state index contributed by atoms with van der Waals surface area (Å²) in [5.41, 5.74) is 0. The topological polar surface area (TPSA) is 16.8 Å². The second-order valence-corrected chi connectivity index (χ2v) is 5.64. The lowest BCUT2D eigenvalue weighted by Gasteiger charge is -1.99. The summed E-state index contributed by atoms with van der Waals surface area (Å²) in [5.74, 6) is 1.26. The first-order valence-corrected chi connectivity index (χ1v) is 6.50. The lowest BCUT2D eigenvalue weighted by atomic mass is 10.5. The van der Waals surface area contributed by atoms with Gasteiger partial charge in [-0.1, -0.05) is 16.4 Å². The van der Waals surface area contributed by atoms with Crippen molar-refractivity contribution in [3.8, 4) is 0 Å². The van der Waals surface area contributed by atoms with Gasteiger partial charge in [0, 0.05) is 17.3 Å². The number of nitrogens with zero attached hydrogens (tertiary/aromatic N) is 2. The molecule has 12 heavy (non-hydrogen) atoms. The molecule has 0 N–H and O–H groups in total. The van der Waals surface area contributed by atoms with Crippen LogP contribution in [0.1, 0.15) is 6.42 Å². The molecule has 0 aliphatic carbocycles. The minimum atomic E-state index is 0. The van der Waals surface area contributed by atoms with Crippen molar-refractivity contribution in [3.05, 3.63) is 0 Å². The van der Waals surface area contributed by atoms with Crippen LogP contribution in [0, 0.1) is 0 Å². The summed E-state index contributed by atoms with van der Waals surface area (Å²) in [6, 6.07) is 0. The third kappa shape index (κ3) is 2.27. The molecular weight excluding hydrogens is 323 g/mol. The molecule has 6 heteroatoms. The smallest absolute Gasteiger partial charge is 0.325 e. The van der Waals surface area contributed by atoms with Crippen LogP contribution in [-0.2, 0) is 6.54 Å². The van der Waals surface area contributed by atoms with E-state index in [2.05, 4.69) is 16.0 Å². The van der Waals surface area contributed by atoms with Gasteiger partial charge in [-0.05, 0) is 29.4 Å². The monoisotopic (exact) mass is 332 g/mol. The molecule has 0 aromatic carbocycles. The Hall–Kier alpha value is 0.990. The van der Waals surface area contributed by atoms with Gasteiger partial charge in [0.05, 0.1) is 0 Å². The molecule has 68 valence electrons. The fraction of sp³-hybridized carbons (Fsp3) is 0.667. The number of hydrogen-bond acceptors (Lipinski definition) is 4. The van der Waals surface area contributed by atoms with Crippen LogP contribution in [0.25, 0.3) is 0 Å². The Morgan fingerprint density at radius 1 is 1.58 bits per heavy atom. The van der Waals surface area contributed by atoms with E-state index in [0.29, 0.717) is 0 Å². The fourth-order valence-corrected chi connectivity index (χ4v) is 3.88. The highest BCUT2D eigenvalue weighted by atomic mass is 127. The lowest BCUT2D eigenvalue weighted by molar-refractivity contribution is -0.784. The van der Waals surface area contributed by atoms with Gasteiger partial charge >= 0.3 is 4.34 Å². The zero-order valence-electron chi connectivity index (χ0n) is 6.62. The quantitative estimate of drug-likeness (QED) is 0.360. The first-order chi connectivity index (χ1) is 5.40. The lowest BCUT2D eigenvalue weighted by Crippen LogP contribution is -3.00. The molecule has 0 amide bonds. The van der Waals surface area contributed by atoms with Gasteiger partial charge in [-0.2, -0.15) is 0 Å². The highest BCUT2D eigenvalue weighted by Crippen LogP contribution is 2.28. The summed E-state index contributed by atoms with van der Waals surface area (Å²) < 4.78 is 4.69. The summed E-state index contributed by atoms with van der Waals surface area (Å²) >= 11 is 5.48. The van der Waals surface area contributed by atoms with E-state index in [1.165, 1.54) is 20.9 Å². The second-order valence-electron chi connectivity index (χ2n) is 2.26. The first kappa shape index (κ1) is 11.1. The van der Waals surface area contributed by atoms with Crippen LogP contribution in [-0.4, -0.2) is 17.1 Å². The van der Waals surface area contributed by atoms with Crippen LogP contribution in [0.4, 0.5) is 0 Å². The standard InChI is InChI=1S/C6H9N2S3.HI/c1-9-5-7-8-3-2-4-10-6(8)11-5;/h2-4H2,1H3;1H/q+1;/p-1. The molecule has 1 aliphatic rings. The first-order valence-electron chi connectivity index (χ1n) is 3.48. The summed E-state index contributed by atoms with van der Waals surface area (Å²) in [4.78, 5) is 0. The summed E-state index contributed by atoms with van der Waals surface area (Å²) in [5, 5.41) is 4.45. The van der Waals surface area contributed by atoms with Gasteiger partial charge in [0.15, 0.2) is 6.54 Å². The van der Waals surface area contributed by atoms with Gasteiger partial charge in [-0.15, -0.1) is 0 Å². The zero-order chi connectivity index (χ0) is 7.68. The van der Waals surface area contributed by atoms with Gasteiger partial charge in [0.25, 0.3) is 0 Å². The van der Waals surface area contributed by atoms with Gasteiger partial charge in [-0.3, -0.25) is 0 Å². The van der Waals surface area contributed by atoms with E-state index in [0.717, 1.165) is 6.54 Å². The predicted octanol–water partition coefficient (Wildman–Crippen LogP) is -1.35. The van der Waals surface area contributed by atoms with Crippen LogP contribution < -0.4 is 28.7 Å². The highest BCUT2D eigenvalue weighted by Gasteiger charge is 2.23. The Balaban J connectivity index is 0.000000720. The molecule has 1 aromatic rings. The van der Waals surface area contributed by atoms with Crippen LogP contribution >= 0.6 is 34.9 Å². The molecule has 2 heterocycles. The van der Waals surface area contributed by atoms with E-state index < -0.39 is 0 Å². The zero-order valence-corrected chi connectivity index (χ0v) is 11.2. The van der Waals surface area contributed by atoms with Gasteiger partial charge < -0.3 is 24.0 Å². The highest BCUT2D eigenvalue weighted by molar-refractivity contribution is 8.02. The molecule has 2 rings (SSSR count). The number of halogens is 1. The molecule has 0 saturated carbocycles. The predicted molar refractivity (Wildman–Crippen MR) is 49.4 cm³/mol. The van der Waals surface area contributed by atoms with Crippen molar-refractivity contribution in [1.82, 2.24) is 5.10 Å². The Morgan fingerprint density at radius 3 is 3.08 bits per heavy atom. The van der Waals surface area contributed by atoms with Crippen molar-refractivity contribution < 1.29 is 28.7 Å². The van der Waals surface area contributed by atoms with Crippen LogP contribution in [0.15, 0.2) is 8.68 Å². The summed E-state index contributed by atoms with van der Waals surface area (Å²) in [6.07, 6.45) is 3.34. The van der Waals surface area contributed by atoms with E-state index >= 15 is 0 Å². The average Bonchev–Trinajstić information content (AvgIpc) is 2.46. The number of hydrogen-bond donors (Lipinski definition) is 0. The summed E-state index contributed by atoms with van der Waals surface area (Å²) in [7, 11) is 0. The minimum absolute atomic E-state index is 0. The van der Waals surface area contributed by atoms with E-state index in [-0.39, 0.29) is 24.0 Å². The van der Waals surface area contributed by atoms with E-state index in [1.54, 1.807) is 11.8 Å². The van der Waals surface area contributed by atoms with Crippen molar-refractivity contribution in [3.63, 3.8) is 0 Å². The molecule has 0 unspecified atom stereocenters. The molecule has 1 aromatic heterocycles. The Kier molecular flexibility index (Phi) is 4.63. The van der Waals surface area contributed by atoms with Crippen molar-refractivity contribution in [2.45, 2.75) is 21.6 Å². The molecule has 0 fully saturated rings. The third-order valence-electron chi connectivity index (χ3n) is 1.50. The molecule has 0 spiro atoms. The van der Waals surface area contributed by atoms with E-state index in [4.69, 9.17) is 0 Å². The van der Waals surface area contributed by atoms with Crippen LogP contribution in [0.5, 0.6) is 0 Å². The molecule has 0 radical (unpaired) electrons. The Bertz CT molecular complexity index is 240. The van der Waals surface area contributed by atoms with Crippen LogP contribution in [0.3, 0.4) is 0 Å². The summed E-state index contributed by atoms with van der Waals surface area (Å²) in [6.45, 7) is 1.11. The van der Waals surface area contributed by atoms with Crippen molar-refractivity contribution in [2.24, 2.45) is 0 Å². The van der Waals surface area contributed by atoms with Crippen LogP contribution in [0.2, 0.25) is 0 Å². The maximum Gasteiger partial charge on any atom is 0.325 e. The van der Waals surface area contributed by atoms with Gasteiger partial charge in [-0.25, -0.2) is 0 Å². The van der Waals surface area contributed by atoms with Crippen molar-refractivity contribution >= 4 is 34.9 Å². The number of fused-ring (bicyclic) bond motifs is 1. The van der Waals surface area contributed by atoms with E-state index in [9.17, 15) is 0 Å². The maximum atomic E-state index is 4.45. The Morgan fingerprint density at radius 2 is 2.42 bits per heavy atom. The Labute approximate surface area is 102 Å². The van der Waals surface area contributed by atoms with Gasteiger partial charge in [0.2, 0.25) is 4.34 Å². The minimum Gasteiger partial charge on any atom is -1.00 e. The number of aryl methyl sites for hydroxylation is 1. The van der Waals surface area contributed by atoms with E-state index in [1.807, 2.05) is 23.1 Å². The number of rotatable bonds is 1. The third-order valence-corrected chi connectivity index (χ3v) is 4.88.